The van der Waals surface area contributed by atoms with E-state index in [9.17, 15) is 39.3 Å². The molecule has 166 valence electrons. The van der Waals surface area contributed by atoms with E-state index in [0.717, 1.165) is 0 Å². The molecule has 2 amide bonds. The van der Waals surface area contributed by atoms with Crippen LogP contribution in [0.4, 0.5) is 0 Å². The standard InChI is InChI=1S/C16H29N5O8/c1-17-12(22)7-20(10-15(26)27)5-3-19(9-14(24)25)4-6-21(11-16(28)29)8-13(23)18-2/h3-11H2,1-2H3,(H,17,22)(H,18,23)(H,24,25)(H,26,27)(H,28,29)/p-3. The molecular weight excluding hydrogens is 390 g/mol. The Morgan fingerprint density at radius 1 is 0.552 bits per heavy atom. The SMILES string of the molecule is CNC(=O)CN(CCN(CCN(CC(=O)[O-])CC(=O)NC)CC(=O)[O-])CC(=O)[O-]. The lowest BCUT2D eigenvalue weighted by atomic mass is 10.3. The van der Waals surface area contributed by atoms with Crippen LogP contribution in [0.25, 0.3) is 0 Å². The van der Waals surface area contributed by atoms with Gasteiger partial charge in [-0.15, -0.1) is 0 Å². The van der Waals surface area contributed by atoms with Crippen molar-refractivity contribution >= 4 is 29.7 Å². The molecule has 0 saturated heterocycles. The van der Waals surface area contributed by atoms with E-state index in [1.807, 2.05) is 0 Å². The zero-order chi connectivity index (χ0) is 22.4. The summed E-state index contributed by atoms with van der Waals surface area (Å²) in [7, 11) is 2.78. The molecule has 0 heterocycles. The fourth-order valence-electron chi connectivity index (χ4n) is 2.38. The molecule has 0 fully saturated rings. The molecule has 0 atom stereocenters. The van der Waals surface area contributed by atoms with Gasteiger partial charge < -0.3 is 40.3 Å². The van der Waals surface area contributed by atoms with Crippen LogP contribution in [0.15, 0.2) is 0 Å². The van der Waals surface area contributed by atoms with Crippen molar-refractivity contribution in [2.24, 2.45) is 0 Å². The third-order valence-electron chi connectivity index (χ3n) is 3.82. The van der Waals surface area contributed by atoms with Crippen LogP contribution in [0, 0.1) is 0 Å². The van der Waals surface area contributed by atoms with Crippen LogP contribution in [-0.4, -0.2) is 117 Å². The number of hydrogen-bond donors (Lipinski definition) is 2. The molecule has 0 spiro atoms. The van der Waals surface area contributed by atoms with Gasteiger partial charge in [-0.2, -0.15) is 0 Å². The Morgan fingerprint density at radius 3 is 1.10 bits per heavy atom. The second-order valence-electron chi connectivity index (χ2n) is 6.16. The summed E-state index contributed by atoms with van der Waals surface area (Å²) in [4.78, 5) is 59.6. The third-order valence-corrected chi connectivity index (χ3v) is 3.82. The first-order chi connectivity index (χ1) is 13.6. The van der Waals surface area contributed by atoms with E-state index in [0.29, 0.717) is 0 Å². The highest BCUT2D eigenvalue weighted by Crippen LogP contribution is 1.96. The minimum atomic E-state index is -1.40. The average molecular weight is 416 g/mol. The molecule has 0 aliphatic carbocycles. The molecule has 0 aromatic rings. The van der Waals surface area contributed by atoms with Crippen LogP contribution in [-0.2, 0) is 24.0 Å². The third kappa shape index (κ3) is 14.0. The van der Waals surface area contributed by atoms with Crippen LogP contribution in [0.3, 0.4) is 0 Å². The highest BCUT2D eigenvalue weighted by molar-refractivity contribution is 5.79. The lowest BCUT2D eigenvalue weighted by Gasteiger charge is -2.30. The summed E-state index contributed by atoms with van der Waals surface area (Å²) in [6, 6.07) is 0. The number of carboxylic acids is 3. The van der Waals surface area contributed by atoms with Crippen molar-refractivity contribution in [3.05, 3.63) is 0 Å². The second-order valence-corrected chi connectivity index (χ2v) is 6.16. The van der Waals surface area contributed by atoms with Gasteiger partial charge in [0.15, 0.2) is 0 Å². The van der Waals surface area contributed by atoms with E-state index in [4.69, 9.17) is 0 Å². The molecule has 0 radical (unpaired) electrons. The Morgan fingerprint density at radius 2 is 0.828 bits per heavy atom. The quantitative estimate of drug-likeness (QED) is 0.243. The van der Waals surface area contributed by atoms with Crippen LogP contribution < -0.4 is 26.0 Å². The maximum absolute atomic E-state index is 11.5. The molecule has 0 unspecified atom stereocenters. The van der Waals surface area contributed by atoms with E-state index in [1.54, 1.807) is 0 Å². The van der Waals surface area contributed by atoms with Gasteiger partial charge in [0.2, 0.25) is 11.8 Å². The lowest BCUT2D eigenvalue weighted by molar-refractivity contribution is -0.308. The summed E-state index contributed by atoms with van der Waals surface area (Å²) in [5, 5.41) is 37.4. The molecule has 0 saturated carbocycles. The number of rotatable bonds is 16. The minimum absolute atomic E-state index is 0.0324. The normalized spacial score (nSPS) is 10.9. The Balaban J connectivity index is 4.95. The molecule has 13 nitrogen and oxygen atoms in total. The Hall–Kier alpha value is -2.77. The smallest absolute Gasteiger partial charge is 0.233 e. The van der Waals surface area contributed by atoms with Gasteiger partial charge in [-0.25, -0.2) is 0 Å². The molecule has 13 heteroatoms. The van der Waals surface area contributed by atoms with Gasteiger partial charge in [-0.3, -0.25) is 24.3 Å². The van der Waals surface area contributed by atoms with Crippen molar-refractivity contribution in [2.45, 2.75) is 0 Å². The lowest BCUT2D eigenvalue weighted by Crippen LogP contribution is -2.50. The van der Waals surface area contributed by atoms with Crippen LogP contribution in [0.2, 0.25) is 0 Å². The molecule has 2 N–H and O–H groups in total. The van der Waals surface area contributed by atoms with Crippen molar-refractivity contribution in [1.29, 1.82) is 0 Å². The van der Waals surface area contributed by atoms with E-state index < -0.39 is 49.4 Å². The first kappa shape index (κ1) is 26.2. The highest BCUT2D eigenvalue weighted by atomic mass is 16.4. The van der Waals surface area contributed by atoms with Gasteiger partial charge in [0.05, 0.1) is 31.0 Å². The highest BCUT2D eigenvalue weighted by Gasteiger charge is 2.15. The number of carbonyl (C=O) groups excluding carboxylic acids is 5. The Labute approximate surface area is 168 Å². The van der Waals surface area contributed by atoms with E-state index >= 15 is 0 Å². The fraction of sp³-hybridized carbons (Fsp3) is 0.688. The number of nitrogens with zero attached hydrogens (tertiary/aromatic N) is 3. The van der Waals surface area contributed by atoms with Gasteiger partial charge in [-0.1, -0.05) is 0 Å². The summed E-state index contributed by atoms with van der Waals surface area (Å²) in [6.45, 7) is -1.84. The fourth-order valence-corrected chi connectivity index (χ4v) is 2.38. The number of amides is 2. The largest absolute Gasteiger partial charge is 0.549 e. The zero-order valence-electron chi connectivity index (χ0n) is 16.5. The number of carboxylic acid groups (broad SMARTS) is 3. The number of carbonyl (C=O) groups is 5. The average Bonchev–Trinajstić information content (AvgIpc) is 2.61. The topological polar surface area (TPSA) is 188 Å². The zero-order valence-corrected chi connectivity index (χ0v) is 16.5. The van der Waals surface area contributed by atoms with Crippen LogP contribution >= 0.6 is 0 Å². The molecule has 0 aromatic heterocycles. The summed E-state index contributed by atoms with van der Waals surface area (Å²) in [5.41, 5.74) is 0. The van der Waals surface area contributed by atoms with E-state index in [1.165, 1.54) is 28.8 Å². The predicted octanol–water partition coefficient (Wildman–Crippen LogP) is -7.37. The van der Waals surface area contributed by atoms with Crippen molar-refractivity contribution in [2.75, 3.05) is 73.0 Å². The number of likely N-dealkylation sites (N-methyl/N-ethyl adjacent to an activating group) is 2. The van der Waals surface area contributed by atoms with Gasteiger partial charge in [-0.05, 0) is 0 Å². The molecule has 0 aliphatic heterocycles. The van der Waals surface area contributed by atoms with Crippen molar-refractivity contribution in [1.82, 2.24) is 25.3 Å². The van der Waals surface area contributed by atoms with Crippen LogP contribution in [0.1, 0.15) is 0 Å². The van der Waals surface area contributed by atoms with Crippen LogP contribution in [0.5, 0.6) is 0 Å². The summed E-state index contributed by atoms with van der Waals surface area (Å²) < 4.78 is 0. The maximum atomic E-state index is 11.5. The molecular formula is C16H26N5O8-3. The summed E-state index contributed by atoms with van der Waals surface area (Å²) >= 11 is 0. The van der Waals surface area contributed by atoms with Gasteiger partial charge in [0, 0.05) is 59.9 Å². The number of aliphatic carboxylic acids is 3. The van der Waals surface area contributed by atoms with Crippen molar-refractivity contribution in [3.63, 3.8) is 0 Å². The van der Waals surface area contributed by atoms with Crippen molar-refractivity contribution < 1.29 is 39.3 Å². The molecule has 0 aromatic carbocycles. The second kappa shape index (κ2) is 14.3. The first-order valence-electron chi connectivity index (χ1n) is 8.75. The Kier molecular flexibility index (Phi) is 12.9. The molecule has 29 heavy (non-hydrogen) atoms. The van der Waals surface area contributed by atoms with E-state index in [2.05, 4.69) is 10.6 Å². The summed E-state index contributed by atoms with van der Waals surface area (Å²) in [5.74, 6) is -5.04. The predicted molar refractivity (Wildman–Crippen MR) is 92.5 cm³/mol. The maximum Gasteiger partial charge on any atom is 0.233 e. The first-order valence-corrected chi connectivity index (χ1v) is 8.75. The monoisotopic (exact) mass is 416 g/mol. The molecule has 0 aliphatic rings. The Bertz CT molecular complexity index is 544. The van der Waals surface area contributed by atoms with Gasteiger partial charge >= 0.3 is 0 Å². The van der Waals surface area contributed by atoms with Gasteiger partial charge in [0.25, 0.3) is 0 Å². The number of hydrogen-bond acceptors (Lipinski definition) is 11. The molecule has 0 rings (SSSR count). The van der Waals surface area contributed by atoms with Crippen molar-refractivity contribution in [3.8, 4) is 0 Å². The molecule has 0 bridgehead atoms. The minimum Gasteiger partial charge on any atom is -0.549 e. The number of nitrogens with one attached hydrogen (secondary N) is 2. The summed E-state index contributed by atoms with van der Waals surface area (Å²) in [6.07, 6.45) is 0. The van der Waals surface area contributed by atoms with E-state index in [-0.39, 0.29) is 39.3 Å². The van der Waals surface area contributed by atoms with Gasteiger partial charge in [0.1, 0.15) is 0 Å².